The van der Waals surface area contributed by atoms with Crippen LogP contribution in [0.1, 0.15) is 11.1 Å². The lowest BCUT2D eigenvalue weighted by Gasteiger charge is -2.34. The number of rotatable bonds is 5. The zero-order valence-corrected chi connectivity index (χ0v) is 18.5. The Hall–Kier alpha value is -2.27. The third kappa shape index (κ3) is 7.86. The quantitative estimate of drug-likeness (QED) is 0.607. The summed E-state index contributed by atoms with van der Waals surface area (Å²) in [4.78, 5) is 20.5. The van der Waals surface area contributed by atoms with Crippen molar-refractivity contribution >= 4 is 37.9 Å². The highest BCUT2D eigenvalue weighted by Gasteiger charge is 2.27. The molecule has 2 aromatic rings. The molecule has 0 amide bonds. The van der Waals surface area contributed by atoms with E-state index in [0.29, 0.717) is 13.1 Å². The van der Waals surface area contributed by atoms with Crippen LogP contribution in [0.3, 0.4) is 0 Å². The molecular formula is C20H23BrN2O6S. The lowest BCUT2D eigenvalue weighted by Crippen LogP contribution is -2.48. The predicted molar refractivity (Wildman–Crippen MR) is 115 cm³/mol. The van der Waals surface area contributed by atoms with Gasteiger partial charge in [-0.1, -0.05) is 58.4 Å². The van der Waals surface area contributed by atoms with Gasteiger partial charge in [0.1, 0.15) is 0 Å². The molecule has 1 aliphatic heterocycles. The average molecular weight is 499 g/mol. The summed E-state index contributed by atoms with van der Waals surface area (Å²) in [6.45, 7) is 3.50. The molecule has 8 nitrogen and oxygen atoms in total. The molecule has 0 atom stereocenters. The van der Waals surface area contributed by atoms with Crippen LogP contribution in [0, 0.1) is 0 Å². The minimum absolute atomic E-state index is 0.0828. The van der Waals surface area contributed by atoms with Gasteiger partial charge in [-0.25, -0.2) is 18.0 Å². The molecule has 1 aliphatic rings. The number of carboxylic acids is 2. The summed E-state index contributed by atoms with van der Waals surface area (Å²) < 4.78 is 27.8. The summed E-state index contributed by atoms with van der Waals surface area (Å²) in [7, 11) is -3.24. The second-order valence-electron chi connectivity index (χ2n) is 6.66. The molecule has 2 aromatic carbocycles. The molecular weight excluding hydrogens is 476 g/mol. The van der Waals surface area contributed by atoms with Crippen LogP contribution >= 0.6 is 15.9 Å². The van der Waals surface area contributed by atoms with E-state index in [4.69, 9.17) is 19.8 Å². The number of nitrogens with zero attached hydrogens (tertiary/aromatic N) is 2. The molecule has 2 N–H and O–H groups in total. The molecule has 162 valence electrons. The molecule has 30 heavy (non-hydrogen) atoms. The lowest BCUT2D eigenvalue weighted by molar-refractivity contribution is -0.159. The van der Waals surface area contributed by atoms with Crippen molar-refractivity contribution in [2.24, 2.45) is 0 Å². The molecule has 0 bridgehead atoms. The van der Waals surface area contributed by atoms with E-state index < -0.39 is 22.0 Å². The standard InChI is InChI=1S/C18H21BrN2O2S.C2H2O4/c19-18-8-4-7-17(13-18)14-20-9-11-21(12-10-20)24(22,23)15-16-5-2-1-3-6-16;3-1(4)2(5)6/h1-8,13H,9-12,14-15H2;(H,3,4)(H,5,6). The van der Waals surface area contributed by atoms with Gasteiger partial charge in [0.15, 0.2) is 0 Å². The molecule has 0 radical (unpaired) electrons. The SMILES string of the molecule is O=C(O)C(=O)O.O=S(=O)(Cc1ccccc1)N1CCN(Cc2cccc(Br)c2)CC1. The van der Waals surface area contributed by atoms with Crippen LogP contribution in [0.5, 0.6) is 0 Å². The summed E-state index contributed by atoms with van der Waals surface area (Å²) in [5.74, 6) is -3.57. The molecule has 0 spiro atoms. The van der Waals surface area contributed by atoms with Gasteiger partial charge >= 0.3 is 11.9 Å². The fraction of sp³-hybridized carbons (Fsp3) is 0.300. The van der Waals surface area contributed by atoms with Crippen LogP contribution in [0.25, 0.3) is 0 Å². The van der Waals surface area contributed by atoms with E-state index in [2.05, 4.69) is 33.0 Å². The van der Waals surface area contributed by atoms with Gasteiger partial charge < -0.3 is 10.2 Å². The van der Waals surface area contributed by atoms with E-state index in [9.17, 15) is 8.42 Å². The topological polar surface area (TPSA) is 115 Å². The molecule has 0 saturated carbocycles. The first-order valence-electron chi connectivity index (χ1n) is 9.12. The zero-order chi connectivity index (χ0) is 22.1. The van der Waals surface area contributed by atoms with Gasteiger partial charge in [0.2, 0.25) is 10.0 Å². The Morgan fingerprint density at radius 1 is 0.867 bits per heavy atom. The minimum Gasteiger partial charge on any atom is -0.473 e. The number of sulfonamides is 1. The van der Waals surface area contributed by atoms with Gasteiger partial charge in [0.05, 0.1) is 5.75 Å². The number of hydrogen-bond donors (Lipinski definition) is 2. The second kappa shape index (κ2) is 11.2. The van der Waals surface area contributed by atoms with Crippen LogP contribution in [0.2, 0.25) is 0 Å². The molecule has 10 heteroatoms. The summed E-state index contributed by atoms with van der Waals surface area (Å²) in [6.07, 6.45) is 0. The van der Waals surface area contributed by atoms with Crippen molar-refractivity contribution in [3.05, 3.63) is 70.2 Å². The number of carboxylic acid groups (broad SMARTS) is 2. The molecule has 0 aliphatic carbocycles. The van der Waals surface area contributed by atoms with Gasteiger partial charge in [0, 0.05) is 37.2 Å². The number of halogens is 1. The molecule has 0 unspecified atom stereocenters. The Bertz CT molecular complexity index is 948. The Kier molecular flexibility index (Phi) is 8.97. The Morgan fingerprint density at radius 3 is 1.97 bits per heavy atom. The highest BCUT2D eigenvalue weighted by Crippen LogP contribution is 2.17. The van der Waals surface area contributed by atoms with E-state index >= 15 is 0 Å². The Balaban J connectivity index is 0.000000469. The van der Waals surface area contributed by atoms with Crippen molar-refractivity contribution in [3.8, 4) is 0 Å². The molecule has 3 rings (SSSR count). The van der Waals surface area contributed by atoms with Crippen molar-refractivity contribution in [2.45, 2.75) is 12.3 Å². The molecule has 1 heterocycles. The first-order chi connectivity index (χ1) is 14.2. The van der Waals surface area contributed by atoms with Crippen molar-refractivity contribution in [1.29, 1.82) is 0 Å². The molecule has 0 aromatic heterocycles. The smallest absolute Gasteiger partial charge is 0.414 e. The number of carbonyl (C=O) groups is 2. The Morgan fingerprint density at radius 2 is 1.43 bits per heavy atom. The van der Waals surface area contributed by atoms with E-state index in [1.54, 1.807) is 4.31 Å². The number of aliphatic carboxylic acids is 2. The van der Waals surface area contributed by atoms with Crippen LogP contribution in [0.4, 0.5) is 0 Å². The van der Waals surface area contributed by atoms with Crippen LogP contribution in [0.15, 0.2) is 59.1 Å². The van der Waals surface area contributed by atoms with Crippen molar-refractivity contribution < 1.29 is 28.2 Å². The number of benzene rings is 2. The highest BCUT2D eigenvalue weighted by atomic mass is 79.9. The first-order valence-corrected chi connectivity index (χ1v) is 11.5. The van der Waals surface area contributed by atoms with E-state index in [1.807, 2.05) is 42.5 Å². The maximum Gasteiger partial charge on any atom is 0.414 e. The number of hydrogen-bond acceptors (Lipinski definition) is 5. The van der Waals surface area contributed by atoms with Gasteiger partial charge in [-0.2, -0.15) is 4.31 Å². The van der Waals surface area contributed by atoms with Crippen molar-refractivity contribution in [3.63, 3.8) is 0 Å². The fourth-order valence-corrected chi connectivity index (χ4v) is 4.90. The highest BCUT2D eigenvalue weighted by molar-refractivity contribution is 9.10. The van der Waals surface area contributed by atoms with Crippen LogP contribution in [-0.2, 0) is 31.9 Å². The van der Waals surface area contributed by atoms with Crippen LogP contribution < -0.4 is 0 Å². The fourth-order valence-electron chi connectivity index (χ4n) is 2.94. The third-order valence-corrected chi connectivity index (χ3v) is 6.74. The third-order valence-electron chi connectivity index (χ3n) is 4.39. The average Bonchev–Trinajstić information content (AvgIpc) is 2.69. The largest absolute Gasteiger partial charge is 0.473 e. The van der Waals surface area contributed by atoms with Crippen molar-refractivity contribution in [1.82, 2.24) is 9.21 Å². The van der Waals surface area contributed by atoms with Gasteiger partial charge in [-0.15, -0.1) is 0 Å². The molecule has 1 saturated heterocycles. The van der Waals surface area contributed by atoms with Crippen molar-refractivity contribution in [2.75, 3.05) is 26.2 Å². The minimum atomic E-state index is -3.24. The summed E-state index contributed by atoms with van der Waals surface area (Å²) in [6, 6.07) is 17.6. The summed E-state index contributed by atoms with van der Waals surface area (Å²) in [5, 5.41) is 14.8. The van der Waals surface area contributed by atoms with E-state index in [1.165, 1.54) is 5.56 Å². The van der Waals surface area contributed by atoms with Gasteiger partial charge in [-0.3, -0.25) is 4.90 Å². The number of piperazine rings is 1. The predicted octanol–water partition coefficient (Wildman–Crippen LogP) is 2.25. The zero-order valence-electron chi connectivity index (χ0n) is 16.1. The maximum absolute atomic E-state index is 12.6. The maximum atomic E-state index is 12.6. The van der Waals surface area contributed by atoms with Gasteiger partial charge in [-0.05, 0) is 23.3 Å². The lowest BCUT2D eigenvalue weighted by atomic mass is 10.2. The normalized spacial score (nSPS) is 15.1. The summed E-state index contributed by atoms with van der Waals surface area (Å²) in [5.41, 5.74) is 2.08. The van der Waals surface area contributed by atoms with E-state index in [0.717, 1.165) is 29.7 Å². The second-order valence-corrected chi connectivity index (χ2v) is 9.54. The first kappa shape index (κ1) is 24.0. The van der Waals surface area contributed by atoms with Crippen LogP contribution in [-0.4, -0.2) is 66.0 Å². The molecule has 1 fully saturated rings. The Labute approximate surface area is 183 Å². The summed E-state index contributed by atoms with van der Waals surface area (Å²) >= 11 is 3.49. The van der Waals surface area contributed by atoms with E-state index in [-0.39, 0.29) is 5.75 Å². The van der Waals surface area contributed by atoms with Gasteiger partial charge in [0.25, 0.3) is 0 Å². The monoisotopic (exact) mass is 498 g/mol.